The highest BCUT2D eigenvalue weighted by atomic mass is 19.1. The average molecular weight is 396 g/mol. The number of pyridine rings is 2. The number of carbonyl (C=O) groups excluding carboxylic acids is 2. The molecule has 0 aliphatic rings. The molecule has 1 atom stereocenters. The van der Waals surface area contributed by atoms with Crippen LogP contribution >= 0.6 is 0 Å². The van der Waals surface area contributed by atoms with E-state index in [2.05, 4.69) is 20.6 Å². The van der Waals surface area contributed by atoms with E-state index in [-0.39, 0.29) is 17.2 Å². The first-order valence-electron chi connectivity index (χ1n) is 9.07. The number of para-hydroxylation sites is 1. The van der Waals surface area contributed by atoms with Crippen LogP contribution in [0.4, 0.5) is 21.7 Å². The van der Waals surface area contributed by atoms with Crippen molar-refractivity contribution < 1.29 is 14.0 Å². The summed E-state index contributed by atoms with van der Waals surface area (Å²) in [6, 6.07) is 9.49. The molecule has 1 unspecified atom stereocenters. The molecule has 9 heteroatoms. The zero-order valence-electron chi connectivity index (χ0n) is 15.8. The number of anilines is 3. The second kappa shape index (κ2) is 8.51. The van der Waals surface area contributed by atoms with Gasteiger partial charge >= 0.3 is 0 Å². The topological polar surface area (TPSA) is 136 Å². The molecule has 0 fully saturated rings. The van der Waals surface area contributed by atoms with E-state index in [1.54, 1.807) is 6.20 Å². The van der Waals surface area contributed by atoms with Crippen LogP contribution in [0.25, 0.3) is 10.9 Å². The van der Waals surface area contributed by atoms with Crippen LogP contribution in [0, 0.1) is 5.82 Å². The van der Waals surface area contributed by atoms with Crippen LogP contribution in [0.1, 0.15) is 30.1 Å². The maximum absolute atomic E-state index is 14.5. The molecule has 8 nitrogen and oxygen atoms in total. The molecule has 0 spiro atoms. The lowest BCUT2D eigenvalue weighted by atomic mass is 10.1. The Labute approximate surface area is 166 Å². The largest absolute Gasteiger partial charge is 0.368 e. The molecule has 3 aromatic rings. The molecule has 1 aromatic carbocycles. The summed E-state index contributed by atoms with van der Waals surface area (Å²) in [5.41, 5.74) is 11.9. The monoisotopic (exact) mass is 396 g/mol. The number of hydrogen-bond donors (Lipinski definition) is 4. The Hall–Kier alpha value is -3.75. The lowest BCUT2D eigenvalue weighted by Gasteiger charge is -2.18. The Balaban J connectivity index is 1.98. The number of hydrogen-bond acceptors (Lipinski definition) is 6. The van der Waals surface area contributed by atoms with E-state index in [4.69, 9.17) is 11.5 Å². The van der Waals surface area contributed by atoms with Gasteiger partial charge < -0.3 is 22.1 Å². The number of rotatable bonds is 8. The molecular formula is C20H21FN6O2. The molecule has 6 N–H and O–H groups in total. The van der Waals surface area contributed by atoms with Crippen LogP contribution in [0.5, 0.6) is 0 Å². The Kier molecular flexibility index (Phi) is 5.87. The molecule has 2 aromatic heterocycles. The van der Waals surface area contributed by atoms with Gasteiger partial charge in [-0.3, -0.25) is 14.6 Å². The van der Waals surface area contributed by atoms with Gasteiger partial charge in [-0.2, -0.15) is 0 Å². The number of benzene rings is 1. The van der Waals surface area contributed by atoms with E-state index in [0.29, 0.717) is 18.5 Å². The van der Waals surface area contributed by atoms with Crippen molar-refractivity contribution in [2.24, 2.45) is 11.5 Å². The number of nitrogens with zero attached hydrogens (tertiary/aromatic N) is 2. The number of amides is 2. The lowest BCUT2D eigenvalue weighted by Crippen LogP contribution is -2.36. The van der Waals surface area contributed by atoms with Crippen molar-refractivity contribution in [3.8, 4) is 0 Å². The fourth-order valence-corrected chi connectivity index (χ4v) is 2.89. The predicted octanol–water partition coefficient (Wildman–Crippen LogP) is 2.68. The van der Waals surface area contributed by atoms with Crippen molar-refractivity contribution >= 4 is 40.0 Å². The first kappa shape index (κ1) is 20.0. The van der Waals surface area contributed by atoms with E-state index >= 15 is 0 Å². The minimum atomic E-state index is -0.848. The van der Waals surface area contributed by atoms with Crippen LogP contribution in [0.15, 0.2) is 42.6 Å². The summed E-state index contributed by atoms with van der Waals surface area (Å²) < 4.78 is 14.5. The van der Waals surface area contributed by atoms with Crippen molar-refractivity contribution in [1.82, 2.24) is 9.97 Å². The van der Waals surface area contributed by atoms with Crippen LogP contribution in [0.3, 0.4) is 0 Å². The normalized spacial score (nSPS) is 11.8. The van der Waals surface area contributed by atoms with E-state index in [1.807, 2.05) is 37.3 Å². The Morgan fingerprint density at radius 1 is 1.17 bits per heavy atom. The summed E-state index contributed by atoms with van der Waals surface area (Å²) in [6.07, 6.45) is 2.63. The molecule has 150 valence electrons. The molecule has 0 radical (unpaired) electrons. The van der Waals surface area contributed by atoms with Gasteiger partial charge in [-0.25, -0.2) is 9.37 Å². The molecule has 0 saturated carbocycles. The number of aromatic nitrogens is 2. The van der Waals surface area contributed by atoms with Crippen molar-refractivity contribution in [2.75, 3.05) is 10.6 Å². The van der Waals surface area contributed by atoms with Crippen molar-refractivity contribution in [3.63, 3.8) is 0 Å². The summed E-state index contributed by atoms with van der Waals surface area (Å²) in [4.78, 5) is 31.8. The number of primary amides is 2. The fraction of sp³-hybridized carbons (Fsp3) is 0.200. The molecular weight excluding hydrogens is 375 g/mol. The average Bonchev–Trinajstić information content (AvgIpc) is 2.69. The Bertz CT molecular complexity index is 1070. The number of carbonyl (C=O) groups is 2. The third kappa shape index (κ3) is 4.57. The Morgan fingerprint density at radius 2 is 1.93 bits per heavy atom. The lowest BCUT2D eigenvalue weighted by molar-refractivity contribution is -0.118. The van der Waals surface area contributed by atoms with Gasteiger partial charge in [0.15, 0.2) is 11.6 Å². The fourth-order valence-electron chi connectivity index (χ4n) is 2.89. The number of nitrogens with two attached hydrogens (primary N) is 2. The maximum Gasteiger partial charge on any atom is 0.252 e. The van der Waals surface area contributed by atoms with E-state index < -0.39 is 23.7 Å². The molecule has 0 aliphatic heterocycles. The number of halogens is 1. The van der Waals surface area contributed by atoms with Gasteiger partial charge in [0.2, 0.25) is 5.91 Å². The highest BCUT2D eigenvalue weighted by molar-refractivity contribution is 5.99. The first-order chi connectivity index (χ1) is 13.9. The molecule has 3 rings (SSSR count). The maximum atomic E-state index is 14.5. The number of nitrogens with one attached hydrogen (secondary N) is 2. The molecule has 2 heterocycles. The van der Waals surface area contributed by atoms with Gasteiger partial charge in [0.05, 0.1) is 23.0 Å². The third-order valence-electron chi connectivity index (χ3n) is 4.33. The van der Waals surface area contributed by atoms with E-state index in [1.165, 1.54) is 0 Å². The van der Waals surface area contributed by atoms with E-state index in [9.17, 15) is 14.0 Å². The summed E-state index contributed by atoms with van der Waals surface area (Å²) in [6.45, 7) is 1.87. The molecule has 0 aliphatic carbocycles. The van der Waals surface area contributed by atoms with Crippen LogP contribution in [-0.2, 0) is 4.79 Å². The second-order valence-corrected chi connectivity index (χ2v) is 6.51. The van der Waals surface area contributed by atoms with Gasteiger partial charge in [-0.1, -0.05) is 31.5 Å². The SMILES string of the molecule is CCCC(Nc1nc(Nc2cnc3ccccc3c2)c(C(N)=O)cc1F)C(N)=O. The van der Waals surface area contributed by atoms with Gasteiger partial charge in [0.1, 0.15) is 11.9 Å². The summed E-state index contributed by atoms with van der Waals surface area (Å²) in [5, 5.41) is 6.52. The quantitative estimate of drug-likeness (QED) is 0.462. The number of fused-ring (bicyclic) bond motifs is 1. The van der Waals surface area contributed by atoms with Gasteiger partial charge in [0, 0.05) is 5.39 Å². The molecule has 0 bridgehead atoms. The second-order valence-electron chi connectivity index (χ2n) is 6.51. The van der Waals surface area contributed by atoms with Crippen molar-refractivity contribution in [1.29, 1.82) is 0 Å². The first-order valence-corrected chi connectivity index (χ1v) is 9.07. The van der Waals surface area contributed by atoms with Gasteiger partial charge in [0.25, 0.3) is 5.91 Å². The predicted molar refractivity (Wildman–Crippen MR) is 109 cm³/mol. The zero-order valence-corrected chi connectivity index (χ0v) is 15.8. The zero-order chi connectivity index (χ0) is 21.0. The van der Waals surface area contributed by atoms with Crippen LogP contribution < -0.4 is 22.1 Å². The molecule has 29 heavy (non-hydrogen) atoms. The smallest absolute Gasteiger partial charge is 0.252 e. The Morgan fingerprint density at radius 3 is 2.62 bits per heavy atom. The summed E-state index contributed by atoms with van der Waals surface area (Å²) in [7, 11) is 0. The standard InChI is InChI=1S/C20H21FN6O2/c1-2-5-16(18(23)29)26-20-14(21)9-13(17(22)28)19(27-20)25-12-8-11-6-3-4-7-15(11)24-10-12/h3-4,6-10,16H,2,5H2,1H3,(H2,22,28)(H2,23,29)(H2,25,26,27). The summed E-state index contributed by atoms with van der Waals surface area (Å²) >= 11 is 0. The molecule has 2 amide bonds. The minimum Gasteiger partial charge on any atom is -0.368 e. The molecule has 0 saturated heterocycles. The van der Waals surface area contributed by atoms with Gasteiger partial charge in [-0.15, -0.1) is 0 Å². The van der Waals surface area contributed by atoms with Crippen LogP contribution in [-0.4, -0.2) is 27.8 Å². The van der Waals surface area contributed by atoms with Crippen LogP contribution in [0.2, 0.25) is 0 Å². The van der Waals surface area contributed by atoms with Crippen molar-refractivity contribution in [2.45, 2.75) is 25.8 Å². The minimum absolute atomic E-state index is 0.0400. The highest BCUT2D eigenvalue weighted by Crippen LogP contribution is 2.25. The summed E-state index contributed by atoms with van der Waals surface area (Å²) in [5.74, 6) is -2.45. The third-order valence-corrected chi connectivity index (χ3v) is 4.33. The van der Waals surface area contributed by atoms with E-state index in [0.717, 1.165) is 17.0 Å². The van der Waals surface area contributed by atoms with Gasteiger partial charge in [-0.05, 0) is 24.6 Å². The highest BCUT2D eigenvalue weighted by Gasteiger charge is 2.20. The van der Waals surface area contributed by atoms with Crippen molar-refractivity contribution in [3.05, 3.63) is 54.0 Å².